The second-order valence-corrected chi connectivity index (χ2v) is 9.19. The first-order valence-electron chi connectivity index (χ1n) is 11.5. The molecule has 1 aliphatic rings. The Morgan fingerprint density at radius 3 is 2.40 bits per heavy atom. The summed E-state index contributed by atoms with van der Waals surface area (Å²) in [6.07, 6.45) is -0.0343. The Hall–Kier alpha value is -3.73. The summed E-state index contributed by atoms with van der Waals surface area (Å²) in [5, 5.41) is 19.6. The number of carbonyl (C=O) groups excluding carboxylic acids is 3. The van der Waals surface area contributed by atoms with E-state index in [0.717, 1.165) is 10.7 Å². The lowest BCUT2D eigenvalue weighted by Crippen LogP contribution is -2.54. The van der Waals surface area contributed by atoms with Gasteiger partial charge in [-0.2, -0.15) is 5.10 Å². The fraction of sp³-hybridized carbons (Fsp3) is 0.458. The van der Waals surface area contributed by atoms with Crippen molar-refractivity contribution in [2.75, 3.05) is 26.2 Å². The second kappa shape index (κ2) is 11.1. The Morgan fingerprint density at radius 1 is 1.14 bits per heavy atom. The Kier molecular flexibility index (Phi) is 8.23. The number of aromatic nitrogens is 2. The maximum atomic E-state index is 13.2. The van der Waals surface area contributed by atoms with Gasteiger partial charge in [-0.25, -0.2) is 9.48 Å². The van der Waals surface area contributed by atoms with Crippen molar-refractivity contribution in [2.24, 2.45) is 0 Å². The van der Waals surface area contributed by atoms with Crippen LogP contribution in [0, 0.1) is 0 Å². The topological polar surface area (TPSA) is 143 Å². The summed E-state index contributed by atoms with van der Waals surface area (Å²) in [6.45, 7) is 7.45. The lowest BCUT2D eigenvalue weighted by Gasteiger charge is -2.31. The van der Waals surface area contributed by atoms with Gasteiger partial charge in [0.1, 0.15) is 11.6 Å². The Morgan fingerprint density at radius 2 is 1.80 bits per heavy atom. The van der Waals surface area contributed by atoms with Crippen molar-refractivity contribution in [1.82, 2.24) is 25.3 Å². The average molecular weight is 486 g/mol. The number of carboxylic acid groups (broad SMARTS) is 1. The van der Waals surface area contributed by atoms with Crippen LogP contribution in [0.5, 0.6) is 0 Å². The summed E-state index contributed by atoms with van der Waals surface area (Å²) < 4.78 is 6.49. The minimum atomic E-state index is -1.25. The molecule has 1 aromatic heterocycles. The molecule has 11 heteroatoms. The molecular weight excluding hydrogens is 454 g/mol. The molecule has 1 aliphatic heterocycles. The number of hydrogen-bond acceptors (Lipinski definition) is 7. The van der Waals surface area contributed by atoms with Gasteiger partial charge in [0.2, 0.25) is 5.91 Å². The molecule has 1 saturated heterocycles. The lowest BCUT2D eigenvalue weighted by molar-refractivity contribution is -0.155. The van der Waals surface area contributed by atoms with E-state index in [1.807, 2.05) is 0 Å². The molecule has 3 N–H and O–H groups in total. The predicted molar refractivity (Wildman–Crippen MR) is 126 cm³/mol. The number of amides is 2. The number of hydrogen-bond donors (Lipinski definition) is 3. The average Bonchev–Trinajstić information content (AvgIpc) is 3.27. The molecule has 0 saturated carbocycles. The number of carbonyl (C=O) groups is 4. The predicted octanol–water partition coefficient (Wildman–Crippen LogP) is 1.22. The van der Waals surface area contributed by atoms with Crippen molar-refractivity contribution in [3.05, 3.63) is 47.8 Å². The van der Waals surface area contributed by atoms with Crippen LogP contribution in [0.1, 0.15) is 54.6 Å². The van der Waals surface area contributed by atoms with Crippen LogP contribution in [0.2, 0.25) is 0 Å². The van der Waals surface area contributed by atoms with Crippen LogP contribution in [0.4, 0.5) is 0 Å². The largest absolute Gasteiger partial charge is 0.477 e. The van der Waals surface area contributed by atoms with Gasteiger partial charge in [0.25, 0.3) is 5.91 Å². The quantitative estimate of drug-likeness (QED) is 0.474. The van der Waals surface area contributed by atoms with Gasteiger partial charge in [0, 0.05) is 38.7 Å². The molecule has 0 radical (unpaired) electrons. The van der Waals surface area contributed by atoms with Crippen molar-refractivity contribution in [1.29, 1.82) is 0 Å². The number of rotatable bonds is 8. The van der Waals surface area contributed by atoms with E-state index < -0.39 is 29.5 Å². The maximum Gasteiger partial charge on any atom is 0.354 e. The number of piperazine rings is 1. The minimum Gasteiger partial charge on any atom is -0.477 e. The van der Waals surface area contributed by atoms with Crippen LogP contribution in [0.25, 0.3) is 5.69 Å². The standard InChI is InChI=1S/C24H31N5O6/c1-24(2,3)35-20(30)10-9-17(22(32)28-13-11-25-12-14-28)26-21(31)18-15-19(23(33)34)29(27-18)16-7-5-4-6-8-16/h4-8,15,17,25H,9-14H2,1-3H3,(H,26,31)(H,33,34)/t17-/m0/s1. The molecule has 0 spiro atoms. The second-order valence-electron chi connectivity index (χ2n) is 9.19. The van der Waals surface area contributed by atoms with E-state index in [-0.39, 0.29) is 30.1 Å². The molecule has 0 bridgehead atoms. The summed E-state index contributed by atoms with van der Waals surface area (Å²) in [6, 6.07) is 8.71. The molecule has 1 fully saturated rings. The van der Waals surface area contributed by atoms with E-state index in [2.05, 4.69) is 15.7 Å². The number of carboxylic acids is 1. The number of aromatic carboxylic acids is 1. The first kappa shape index (κ1) is 25.9. The fourth-order valence-electron chi connectivity index (χ4n) is 3.66. The fourth-order valence-corrected chi connectivity index (χ4v) is 3.66. The Bertz CT molecular complexity index is 1070. The van der Waals surface area contributed by atoms with Gasteiger partial charge in [-0.15, -0.1) is 0 Å². The van der Waals surface area contributed by atoms with Crippen LogP contribution in [-0.4, -0.2) is 81.4 Å². The monoisotopic (exact) mass is 485 g/mol. The van der Waals surface area contributed by atoms with Crippen LogP contribution < -0.4 is 10.6 Å². The molecule has 188 valence electrons. The van der Waals surface area contributed by atoms with Gasteiger partial charge in [-0.3, -0.25) is 14.4 Å². The van der Waals surface area contributed by atoms with Crippen molar-refractivity contribution in [2.45, 2.75) is 45.3 Å². The van der Waals surface area contributed by atoms with Crippen LogP contribution in [-0.2, 0) is 14.3 Å². The summed E-state index contributed by atoms with van der Waals surface area (Å²) in [4.78, 5) is 51.9. The zero-order valence-corrected chi connectivity index (χ0v) is 20.1. The number of nitrogens with zero attached hydrogens (tertiary/aromatic N) is 3. The number of benzene rings is 1. The summed E-state index contributed by atoms with van der Waals surface area (Å²) in [7, 11) is 0. The maximum absolute atomic E-state index is 13.2. The first-order chi connectivity index (χ1) is 16.5. The summed E-state index contributed by atoms with van der Waals surface area (Å²) in [5.74, 6) is -2.76. The molecule has 35 heavy (non-hydrogen) atoms. The Labute approximate surface area is 203 Å². The van der Waals surface area contributed by atoms with Gasteiger partial charge < -0.3 is 25.4 Å². The van der Waals surface area contributed by atoms with E-state index in [1.54, 1.807) is 56.0 Å². The van der Waals surface area contributed by atoms with Crippen LogP contribution >= 0.6 is 0 Å². The molecule has 1 atom stereocenters. The van der Waals surface area contributed by atoms with Crippen molar-refractivity contribution in [3.63, 3.8) is 0 Å². The zero-order valence-electron chi connectivity index (χ0n) is 20.1. The van der Waals surface area contributed by atoms with E-state index >= 15 is 0 Å². The third-order valence-electron chi connectivity index (χ3n) is 5.25. The van der Waals surface area contributed by atoms with Gasteiger partial charge >= 0.3 is 11.9 Å². The van der Waals surface area contributed by atoms with Gasteiger partial charge in [0.15, 0.2) is 11.4 Å². The normalized spacial score (nSPS) is 14.8. The van der Waals surface area contributed by atoms with Gasteiger partial charge in [0.05, 0.1) is 5.69 Å². The highest BCUT2D eigenvalue weighted by atomic mass is 16.6. The van der Waals surface area contributed by atoms with Gasteiger partial charge in [-0.05, 0) is 39.3 Å². The Balaban J connectivity index is 1.80. The molecule has 0 aliphatic carbocycles. The van der Waals surface area contributed by atoms with Crippen molar-refractivity contribution in [3.8, 4) is 5.69 Å². The van der Waals surface area contributed by atoms with E-state index in [9.17, 15) is 24.3 Å². The molecule has 3 rings (SSSR count). The molecule has 11 nitrogen and oxygen atoms in total. The SMILES string of the molecule is CC(C)(C)OC(=O)CC[C@H](NC(=O)c1cc(C(=O)O)n(-c2ccccc2)n1)C(=O)N1CCNCC1. The van der Waals surface area contributed by atoms with E-state index in [4.69, 9.17) is 4.74 Å². The third kappa shape index (κ3) is 7.12. The van der Waals surface area contributed by atoms with Crippen molar-refractivity contribution < 1.29 is 29.0 Å². The molecule has 2 amide bonds. The first-order valence-corrected chi connectivity index (χ1v) is 11.5. The highest BCUT2D eigenvalue weighted by Gasteiger charge is 2.30. The smallest absolute Gasteiger partial charge is 0.354 e. The van der Waals surface area contributed by atoms with Crippen LogP contribution in [0.15, 0.2) is 36.4 Å². The number of para-hydroxylation sites is 1. The molecule has 2 aromatic rings. The number of ether oxygens (including phenoxy) is 1. The summed E-state index contributed by atoms with van der Waals surface area (Å²) in [5.41, 5.74) is -0.542. The number of nitrogens with one attached hydrogen (secondary N) is 2. The lowest BCUT2D eigenvalue weighted by atomic mass is 10.1. The van der Waals surface area contributed by atoms with E-state index in [1.165, 1.54) is 0 Å². The molecule has 2 heterocycles. The molecule has 0 unspecified atom stereocenters. The highest BCUT2D eigenvalue weighted by molar-refractivity contribution is 5.98. The van der Waals surface area contributed by atoms with Crippen LogP contribution in [0.3, 0.4) is 0 Å². The zero-order chi connectivity index (χ0) is 25.6. The molecule has 1 aromatic carbocycles. The summed E-state index contributed by atoms with van der Waals surface area (Å²) >= 11 is 0. The van der Waals surface area contributed by atoms with Gasteiger partial charge in [-0.1, -0.05) is 18.2 Å². The molecular formula is C24H31N5O6. The third-order valence-corrected chi connectivity index (χ3v) is 5.25. The number of esters is 1. The highest BCUT2D eigenvalue weighted by Crippen LogP contribution is 2.15. The van der Waals surface area contributed by atoms with Crippen molar-refractivity contribution >= 4 is 23.8 Å². The minimum absolute atomic E-state index is 0.0363. The van der Waals surface area contributed by atoms with E-state index in [0.29, 0.717) is 31.9 Å².